The van der Waals surface area contributed by atoms with E-state index >= 15 is 0 Å². The summed E-state index contributed by atoms with van der Waals surface area (Å²) in [6.07, 6.45) is 2.30. The van der Waals surface area contributed by atoms with Crippen molar-refractivity contribution >= 4 is 23.7 Å². The summed E-state index contributed by atoms with van der Waals surface area (Å²) in [5, 5.41) is 7.83. The van der Waals surface area contributed by atoms with Crippen LogP contribution in [0.4, 0.5) is 0 Å². The van der Waals surface area contributed by atoms with Gasteiger partial charge in [0.1, 0.15) is 25.4 Å². The third-order valence-corrected chi connectivity index (χ3v) is 1.63. The summed E-state index contributed by atoms with van der Waals surface area (Å²) in [6.45, 7) is 7.77. The molecule has 0 aliphatic heterocycles. The van der Waals surface area contributed by atoms with Gasteiger partial charge < -0.3 is 14.6 Å². The second kappa shape index (κ2) is 12.6. The summed E-state index contributed by atoms with van der Waals surface area (Å²) in [5.74, 6) is -2.30. The molecule has 0 unspecified atom stereocenters. The summed E-state index contributed by atoms with van der Waals surface area (Å²) in [6, 6.07) is 0. The van der Waals surface area contributed by atoms with Crippen molar-refractivity contribution in [3.63, 3.8) is 0 Å². The summed E-state index contributed by atoms with van der Waals surface area (Å²) in [4.78, 5) is 41.7. The van der Waals surface area contributed by atoms with Crippen LogP contribution in [0.2, 0.25) is 0 Å². The molecule has 0 saturated carbocycles. The van der Waals surface area contributed by atoms with E-state index in [-0.39, 0.29) is 31.0 Å². The molecule has 0 fully saturated rings. The summed E-state index contributed by atoms with van der Waals surface area (Å²) in [5.41, 5.74) is 0.282. The minimum atomic E-state index is -0.891. The number of ketones is 1. The van der Waals surface area contributed by atoms with Crippen LogP contribution in [0.15, 0.2) is 24.3 Å². The van der Waals surface area contributed by atoms with E-state index in [1.54, 1.807) is 6.92 Å². The van der Waals surface area contributed by atoms with Crippen molar-refractivity contribution in [1.82, 2.24) is 0 Å². The molecule has 0 radical (unpaired) electrons. The Labute approximate surface area is 123 Å². The first kappa shape index (κ1) is 20.9. The number of ether oxygens (including phenoxy) is 2. The van der Waals surface area contributed by atoms with Gasteiger partial charge in [-0.2, -0.15) is 0 Å². The fourth-order valence-electron chi connectivity index (χ4n) is 0.810. The van der Waals surface area contributed by atoms with Gasteiger partial charge in [-0.25, -0.2) is 9.59 Å². The van der Waals surface area contributed by atoms with E-state index in [2.05, 4.69) is 16.1 Å². The lowest BCUT2D eigenvalue weighted by Gasteiger charge is -2.05. The van der Waals surface area contributed by atoms with E-state index in [1.165, 1.54) is 19.9 Å². The topological polar surface area (TPSA) is 107 Å². The van der Waals surface area contributed by atoms with Crippen LogP contribution in [0.3, 0.4) is 0 Å². The lowest BCUT2D eigenvalue weighted by molar-refractivity contribution is -0.151. The number of carbonyl (C=O) groups is 4. The average Bonchev–Trinajstić information content (AvgIpc) is 2.33. The van der Waals surface area contributed by atoms with Crippen molar-refractivity contribution < 1.29 is 33.8 Å². The molecule has 21 heavy (non-hydrogen) atoms. The monoisotopic (exact) mass is 300 g/mol. The number of carboxylic acids is 1. The summed E-state index contributed by atoms with van der Waals surface area (Å²) >= 11 is 0. The number of aliphatic carboxylic acids is 1. The number of hydrogen-bond acceptors (Lipinski definition) is 6. The van der Waals surface area contributed by atoms with Gasteiger partial charge in [-0.3, -0.25) is 9.59 Å². The maximum absolute atomic E-state index is 10.8. The molecule has 7 nitrogen and oxygen atoms in total. The first-order chi connectivity index (χ1) is 9.70. The highest BCUT2D eigenvalue weighted by Crippen LogP contribution is 1.93. The van der Waals surface area contributed by atoms with Crippen LogP contribution in [0.1, 0.15) is 27.2 Å². The number of carbonyl (C=O) groups excluding carboxylic acids is 3. The van der Waals surface area contributed by atoms with Crippen molar-refractivity contribution in [3.05, 3.63) is 24.3 Å². The lowest BCUT2D eigenvalue weighted by atomic mass is 10.3. The Hall–Kier alpha value is -2.44. The van der Waals surface area contributed by atoms with Gasteiger partial charge in [0.25, 0.3) is 0 Å². The predicted molar refractivity (Wildman–Crippen MR) is 74.5 cm³/mol. The molecule has 0 atom stereocenters. The Bertz CT molecular complexity index is 421. The van der Waals surface area contributed by atoms with Crippen LogP contribution < -0.4 is 0 Å². The smallest absolute Gasteiger partial charge is 0.333 e. The molecule has 0 rings (SSSR count). The van der Waals surface area contributed by atoms with Crippen LogP contribution in [-0.2, 0) is 28.7 Å². The molecule has 118 valence electrons. The zero-order chi connectivity index (χ0) is 16.8. The Morgan fingerprint density at radius 2 is 1.62 bits per heavy atom. The van der Waals surface area contributed by atoms with Gasteiger partial charge in [0.05, 0.1) is 0 Å². The molecule has 7 heteroatoms. The summed E-state index contributed by atoms with van der Waals surface area (Å²) < 4.78 is 9.27. The standard InChI is InChI=1S/C10H14O5.C4H6O2/c1-7(2)10(13)15-5-4-14-9(12)6-8(3)11;1-2-3-4(5)6/h1,4-6H2,2-3H3;2-3H,1H3,(H,5,6). The van der Waals surface area contributed by atoms with Crippen molar-refractivity contribution in [1.29, 1.82) is 0 Å². The highest BCUT2D eigenvalue weighted by Gasteiger charge is 2.07. The number of hydrogen-bond donors (Lipinski definition) is 1. The number of allylic oxidation sites excluding steroid dienone is 1. The van der Waals surface area contributed by atoms with E-state index < -0.39 is 17.9 Å². The highest BCUT2D eigenvalue weighted by atomic mass is 16.6. The molecule has 0 saturated heterocycles. The van der Waals surface area contributed by atoms with E-state index in [0.29, 0.717) is 0 Å². The SMILES string of the molecule is C=C(C)C(=O)OCCOC(=O)CC(C)=O.CC=CC(=O)O. The second-order valence-electron chi connectivity index (χ2n) is 3.85. The third-order valence-electron chi connectivity index (χ3n) is 1.63. The number of esters is 2. The van der Waals surface area contributed by atoms with Crippen molar-refractivity contribution in [3.8, 4) is 0 Å². The van der Waals surface area contributed by atoms with Crippen LogP contribution in [-0.4, -0.2) is 42.0 Å². The number of carboxylic acid groups (broad SMARTS) is 1. The molecule has 0 spiro atoms. The van der Waals surface area contributed by atoms with Gasteiger partial charge in [0.2, 0.25) is 0 Å². The van der Waals surface area contributed by atoms with E-state index in [4.69, 9.17) is 5.11 Å². The van der Waals surface area contributed by atoms with Crippen molar-refractivity contribution in [2.45, 2.75) is 27.2 Å². The maximum atomic E-state index is 10.8. The molecule has 1 N–H and O–H groups in total. The maximum Gasteiger partial charge on any atom is 0.333 e. The fourth-order valence-corrected chi connectivity index (χ4v) is 0.810. The summed E-state index contributed by atoms with van der Waals surface area (Å²) in [7, 11) is 0. The minimum absolute atomic E-state index is 0.0324. The van der Waals surface area contributed by atoms with Gasteiger partial charge in [-0.05, 0) is 20.8 Å². The van der Waals surface area contributed by atoms with Gasteiger partial charge in [0, 0.05) is 11.6 Å². The van der Waals surface area contributed by atoms with Gasteiger partial charge in [0.15, 0.2) is 0 Å². The zero-order valence-electron chi connectivity index (χ0n) is 12.4. The molecule has 0 aliphatic rings. The van der Waals surface area contributed by atoms with Gasteiger partial charge in [-0.1, -0.05) is 12.7 Å². The quantitative estimate of drug-likeness (QED) is 0.326. The molecule has 0 heterocycles. The Balaban J connectivity index is 0. The average molecular weight is 300 g/mol. The van der Waals surface area contributed by atoms with Crippen LogP contribution in [0, 0.1) is 0 Å². The normalized spacial score (nSPS) is 9.29. The second-order valence-corrected chi connectivity index (χ2v) is 3.85. The Kier molecular flexibility index (Phi) is 12.5. The highest BCUT2D eigenvalue weighted by molar-refractivity contribution is 5.94. The zero-order valence-corrected chi connectivity index (χ0v) is 12.4. The van der Waals surface area contributed by atoms with E-state index in [0.717, 1.165) is 6.08 Å². The van der Waals surface area contributed by atoms with Crippen LogP contribution >= 0.6 is 0 Å². The third kappa shape index (κ3) is 17.6. The van der Waals surface area contributed by atoms with Crippen molar-refractivity contribution in [2.75, 3.05) is 13.2 Å². The molecule has 0 bridgehead atoms. The van der Waals surface area contributed by atoms with E-state index in [9.17, 15) is 19.2 Å². The molecular weight excluding hydrogens is 280 g/mol. The number of Topliss-reactive ketones (excluding diaryl/α,β-unsaturated/α-hetero) is 1. The van der Waals surface area contributed by atoms with Crippen molar-refractivity contribution in [2.24, 2.45) is 0 Å². The predicted octanol–water partition coefficient (Wildman–Crippen LogP) is 1.28. The van der Waals surface area contributed by atoms with Crippen LogP contribution in [0.5, 0.6) is 0 Å². The molecular formula is C14H20O7. The number of rotatable bonds is 7. The lowest BCUT2D eigenvalue weighted by Crippen LogP contribution is -2.15. The Morgan fingerprint density at radius 1 is 1.10 bits per heavy atom. The molecule has 0 amide bonds. The first-order valence-electron chi connectivity index (χ1n) is 6.04. The first-order valence-corrected chi connectivity index (χ1v) is 6.04. The van der Waals surface area contributed by atoms with Crippen LogP contribution in [0.25, 0.3) is 0 Å². The largest absolute Gasteiger partial charge is 0.478 e. The molecule has 0 aromatic carbocycles. The Morgan fingerprint density at radius 3 is 1.95 bits per heavy atom. The fraction of sp³-hybridized carbons (Fsp3) is 0.429. The minimum Gasteiger partial charge on any atom is -0.478 e. The van der Waals surface area contributed by atoms with E-state index in [1.807, 2.05) is 0 Å². The molecule has 0 aromatic heterocycles. The van der Waals surface area contributed by atoms with Gasteiger partial charge >= 0.3 is 17.9 Å². The van der Waals surface area contributed by atoms with Gasteiger partial charge in [-0.15, -0.1) is 0 Å². The molecule has 0 aromatic rings. The molecule has 0 aliphatic carbocycles.